The second-order valence-corrected chi connectivity index (χ2v) is 11.8. The van der Waals surface area contributed by atoms with Crippen molar-refractivity contribution < 1.29 is 17.4 Å². The summed E-state index contributed by atoms with van der Waals surface area (Å²) in [5.74, 6) is 0. The summed E-state index contributed by atoms with van der Waals surface area (Å²) in [6, 6.07) is 1.12. The Morgan fingerprint density at radius 3 is 1.76 bits per heavy atom. The first-order chi connectivity index (χ1) is 7.95. The molecule has 0 aliphatic heterocycles. The maximum atomic E-state index is 6.06. The quantitative estimate of drug-likeness (QED) is 0.455. The monoisotopic (exact) mass is 280 g/mol. The highest BCUT2D eigenvalue weighted by Gasteiger charge is 2.47. The van der Waals surface area contributed by atoms with Crippen LogP contribution in [-0.4, -0.2) is 38.7 Å². The lowest BCUT2D eigenvalue weighted by atomic mass is 10.2. The normalized spacial score (nSPS) is 13.1. The fourth-order valence-electron chi connectivity index (χ4n) is 1.74. The molecule has 0 aromatic rings. The van der Waals surface area contributed by atoms with E-state index in [2.05, 4.69) is 20.0 Å². The highest BCUT2D eigenvalue weighted by Crippen LogP contribution is 2.22. The van der Waals surface area contributed by atoms with Gasteiger partial charge in [-0.2, -0.15) is 0 Å². The lowest BCUT2D eigenvalue weighted by Crippen LogP contribution is -2.53. The molecule has 0 rings (SSSR count). The maximum Gasteiger partial charge on any atom is 0.668 e. The van der Waals surface area contributed by atoms with Crippen molar-refractivity contribution in [3.8, 4) is 0 Å². The molecule has 0 aliphatic rings. The maximum absolute atomic E-state index is 6.06. The molecule has 0 atom stereocenters. The fourth-order valence-corrected chi connectivity index (χ4v) is 7.46. The van der Waals surface area contributed by atoms with Gasteiger partial charge in [0.2, 0.25) is 0 Å². The Bertz CT molecular complexity index is 188. The molecule has 104 valence electrons. The Balaban J connectivity index is 4.20. The lowest BCUT2D eigenvalue weighted by molar-refractivity contribution is 0.0478. The Morgan fingerprint density at radius 2 is 1.35 bits per heavy atom. The van der Waals surface area contributed by atoms with E-state index in [4.69, 9.17) is 17.4 Å². The third-order valence-corrected chi connectivity index (χ3v) is 9.05. The van der Waals surface area contributed by atoms with Crippen LogP contribution < -0.4 is 0 Å². The molecule has 0 aromatic carbocycles. The van der Waals surface area contributed by atoms with Gasteiger partial charge in [-0.1, -0.05) is 32.6 Å². The molecule has 0 aromatic heterocycles. The van der Waals surface area contributed by atoms with Crippen LogP contribution in [0, 0.1) is 0 Å². The molecule has 0 heterocycles. The first-order valence-electron chi connectivity index (χ1n) is 6.31. The van der Waals surface area contributed by atoms with Crippen molar-refractivity contribution in [1.29, 1.82) is 0 Å². The van der Waals surface area contributed by atoms with Gasteiger partial charge in [-0.3, -0.25) is 0 Å². The highest BCUT2D eigenvalue weighted by atomic mass is 28.5. The van der Waals surface area contributed by atoms with Crippen molar-refractivity contribution in [2.75, 3.05) is 21.3 Å². The van der Waals surface area contributed by atoms with E-state index < -0.39 is 17.4 Å². The summed E-state index contributed by atoms with van der Waals surface area (Å²) in [5.41, 5.74) is 0. The molecule has 0 saturated heterocycles. The number of hydrogen-bond donors (Lipinski definition) is 0. The van der Waals surface area contributed by atoms with E-state index >= 15 is 0 Å². The van der Waals surface area contributed by atoms with Crippen molar-refractivity contribution in [2.45, 2.75) is 51.7 Å². The zero-order chi connectivity index (χ0) is 13.4. The first-order valence-corrected chi connectivity index (χ1v) is 11.1. The third kappa shape index (κ3) is 6.68. The van der Waals surface area contributed by atoms with E-state index in [0.29, 0.717) is 0 Å². The first kappa shape index (κ1) is 17.3. The topological polar surface area (TPSA) is 36.9 Å². The van der Waals surface area contributed by atoms with Crippen molar-refractivity contribution >= 4 is 17.4 Å². The molecular weight excluding hydrogens is 252 g/mol. The highest BCUT2D eigenvalue weighted by molar-refractivity contribution is 6.78. The minimum atomic E-state index is -2.86. The van der Waals surface area contributed by atoms with E-state index in [0.717, 1.165) is 6.04 Å². The minimum absolute atomic E-state index is 1.12. The van der Waals surface area contributed by atoms with Crippen molar-refractivity contribution in [3.05, 3.63) is 0 Å². The molecule has 17 heavy (non-hydrogen) atoms. The average molecular weight is 281 g/mol. The van der Waals surface area contributed by atoms with Crippen LogP contribution in [-0.2, 0) is 17.4 Å². The molecule has 0 unspecified atom stereocenters. The van der Waals surface area contributed by atoms with Gasteiger partial charge in [-0.05, 0) is 19.1 Å². The second kappa shape index (κ2) is 8.39. The van der Waals surface area contributed by atoms with Crippen LogP contribution in [0.1, 0.15) is 32.6 Å². The van der Waals surface area contributed by atoms with Gasteiger partial charge < -0.3 is 17.4 Å². The summed E-state index contributed by atoms with van der Waals surface area (Å²) in [6.45, 7) is 6.60. The molecular formula is C11H28O4Si2. The van der Waals surface area contributed by atoms with Gasteiger partial charge in [-0.25, -0.2) is 0 Å². The zero-order valence-electron chi connectivity index (χ0n) is 12.2. The summed E-state index contributed by atoms with van der Waals surface area (Å²) in [7, 11) is 0.128. The van der Waals surface area contributed by atoms with Gasteiger partial charge in [0, 0.05) is 21.3 Å². The van der Waals surface area contributed by atoms with Crippen LogP contribution in [0.4, 0.5) is 0 Å². The van der Waals surface area contributed by atoms with E-state index in [-0.39, 0.29) is 0 Å². The predicted molar refractivity (Wildman–Crippen MR) is 74.3 cm³/mol. The minimum Gasteiger partial charge on any atom is -0.394 e. The molecule has 0 aliphatic carbocycles. The standard InChI is InChI=1S/C11H28O4Si2/c1-7-8-9-10-11-16(5,6)15-17(12-2,13-3)14-4/h7-11H2,1-6H3. The van der Waals surface area contributed by atoms with Gasteiger partial charge in [0.05, 0.1) is 0 Å². The van der Waals surface area contributed by atoms with Crippen LogP contribution in [0.5, 0.6) is 0 Å². The Labute approximate surface area is 108 Å². The summed E-state index contributed by atoms with van der Waals surface area (Å²) >= 11 is 0. The Hall–Kier alpha value is 0.274. The van der Waals surface area contributed by atoms with Gasteiger partial charge in [0.15, 0.2) is 8.32 Å². The Morgan fingerprint density at radius 1 is 0.824 bits per heavy atom. The number of unbranched alkanes of at least 4 members (excludes halogenated alkanes) is 3. The van der Waals surface area contributed by atoms with E-state index in [1.165, 1.54) is 25.7 Å². The van der Waals surface area contributed by atoms with E-state index in [1.54, 1.807) is 21.3 Å². The summed E-state index contributed by atoms with van der Waals surface area (Å²) in [4.78, 5) is 0. The fraction of sp³-hybridized carbons (Fsp3) is 1.00. The summed E-state index contributed by atoms with van der Waals surface area (Å²) in [6.07, 6.45) is 5.05. The van der Waals surface area contributed by atoms with E-state index in [9.17, 15) is 0 Å². The Kier molecular flexibility index (Phi) is 8.52. The largest absolute Gasteiger partial charge is 0.668 e. The zero-order valence-corrected chi connectivity index (χ0v) is 14.2. The molecule has 0 spiro atoms. The SMILES string of the molecule is CCCCCC[Si](C)(C)O[Si](OC)(OC)OC. The van der Waals surface area contributed by atoms with Crippen molar-refractivity contribution in [2.24, 2.45) is 0 Å². The van der Waals surface area contributed by atoms with Gasteiger partial charge in [0.25, 0.3) is 0 Å². The van der Waals surface area contributed by atoms with Gasteiger partial charge >= 0.3 is 9.05 Å². The smallest absolute Gasteiger partial charge is 0.394 e. The average Bonchev–Trinajstić information content (AvgIpc) is 2.32. The van der Waals surface area contributed by atoms with Crippen molar-refractivity contribution in [3.63, 3.8) is 0 Å². The van der Waals surface area contributed by atoms with Gasteiger partial charge in [0.1, 0.15) is 0 Å². The van der Waals surface area contributed by atoms with Crippen LogP contribution in [0.25, 0.3) is 0 Å². The van der Waals surface area contributed by atoms with Crippen LogP contribution >= 0.6 is 0 Å². The molecule has 0 fully saturated rings. The third-order valence-electron chi connectivity index (χ3n) is 2.78. The molecule has 0 bridgehead atoms. The molecule has 0 saturated carbocycles. The van der Waals surface area contributed by atoms with Crippen LogP contribution in [0.3, 0.4) is 0 Å². The molecule has 0 radical (unpaired) electrons. The lowest BCUT2D eigenvalue weighted by Gasteiger charge is -2.32. The summed E-state index contributed by atoms with van der Waals surface area (Å²) < 4.78 is 22.0. The van der Waals surface area contributed by atoms with Crippen LogP contribution in [0.15, 0.2) is 0 Å². The van der Waals surface area contributed by atoms with Gasteiger partial charge in [-0.15, -0.1) is 0 Å². The molecule has 4 nitrogen and oxygen atoms in total. The van der Waals surface area contributed by atoms with Crippen molar-refractivity contribution in [1.82, 2.24) is 0 Å². The molecule has 6 heteroatoms. The summed E-state index contributed by atoms with van der Waals surface area (Å²) in [5, 5.41) is 0. The second-order valence-electron chi connectivity index (χ2n) is 4.78. The molecule has 0 amide bonds. The molecule has 0 N–H and O–H groups in total. The number of hydrogen-bond acceptors (Lipinski definition) is 4. The predicted octanol–water partition coefficient (Wildman–Crippen LogP) is 3.16. The number of rotatable bonds is 10. The van der Waals surface area contributed by atoms with Crippen LogP contribution in [0.2, 0.25) is 19.1 Å². The van der Waals surface area contributed by atoms with E-state index in [1.807, 2.05) is 0 Å².